The largest absolute Gasteiger partial charge is 0.357 e. The van der Waals surface area contributed by atoms with E-state index in [4.69, 9.17) is 4.74 Å². The third kappa shape index (κ3) is 3.22. The molecule has 0 aromatic heterocycles. The van der Waals surface area contributed by atoms with Crippen molar-refractivity contribution in [1.82, 2.24) is 9.80 Å². The van der Waals surface area contributed by atoms with Gasteiger partial charge in [-0.25, -0.2) is 0 Å². The van der Waals surface area contributed by atoms with Gasteiger partial charge >= 0.3 is 0 Å². The van der Waals surface area contributed by atoms with E-state index in [0.29, 0.717) is 6.04 Å². The summed E-state index contributed by atoms with van der Waals surface area (Å²) in [6.07, 6.45) is 6.30. The van der Waals surface area contributed by atoms with Crippen molar-refractivity contribution < 1.29 is 9.53 Å². The monoisotopic (exact) mass is 342 g/mol. The number of rotatable bonds is 4. The summed E-state index contributed by atoms with van der Waals surface area (Å²) in [5.41, 5.74) is 0.834. The Labute approximate surface area is 151 Å². The summed E-state index contributed by atoms with van der Waals surface area (Å²) >= 11 is 0. The quantitative estimate of drug-likeness (QED) is 0.842. The molecule has 2 spiro atoms. The van der Waals surface area contributed by atoms with Crippen molar-refractivity contribution in [2.75, 3.05) is 20.1 Å². The number of amides is 1. The molecule has 1 heterocycles. The fraction of sp³-hybridized carbons (Fsp3) is 0.667. The lowest BCUT2D eigenvalue weighted by Gasteiger charge is -2.50. The van der Waals surface area contributed by atoms with Crippen molar-refractivity contribution in [3.05, 3.63) is 35.9 Å². The number of carbonyl (C=O) groups excluding carboxylic acids is 1. The number of carbonyl (C=O) groups is 1. The van der Waals surface area contributed by atoms with E-state index in [2.05, 4.69) is 49.2 Å². The van der Waals surface area contributed by atoms with Crippen molar-refractivity contribution in [3.63, 3.8) is 0 Å². The highest BCUT2D eigenvalue weighted by Gasteiger charge is 2.61. The van der Waals surface area contributed by atoms with E-state index >= 15 is 0 Å². The van der Waals surface area contributed by atoms with Gasteiger partial charge in [0, 0.05) is 25.7 Å². The molecular weight excluding hydrogens is 312 g/mol. The predicted molar refractivity (Wildman–Crippen MR) is 98.2 cm³/mol. The molecular formula is C21H30N2O2. The average molecular weight is 342 g/mol. The Kier molecular flexibility index (Phi) is 4.37. The highest BCUT2D eigenvalue weighted by atomic mass is 16.5. The zero-order valence-corrected chi connectivity index (χ0v) is 15.5. The zero-order chi connectivity index (χ0) is 17.5. The number of morpholine rings is 1. The van der Waals surface area contributed by atoms with Crippen LogP contribution < -0.4 is 0 Å². The van der Waals surface area contributed by atoms with Gasteiger partial charge in [0.05, 0.1) is 5.60 Å². The van der Waals surface area contributed by atoms with Gasteiger partial charge in [0.1, 0.15) is 5.60 Å². The predicted octanol–water partition coefficient (Wildman–Crippen LogP) is 3.21. The fourth-order valence-corrected chi connectivity index (χ4v) is 4.71. The third-order valence-corrected chi connectivity index (χ3v) is 6.42. The average Bonchev–Trinajstić information content (AvgIpc) is 3.40. The molecule has 0 radical (unpaired) electrons. The van der Waals surface area contributed by atoms with Gasteiger partial charge in [0.25, 0.3) is 5.91 Å². The molecule has 1 aromatic carbocycles. The molecule has 1 amide bonds. The van der Waals surface area contributed by atoms with Crippen LogP contribution in [0.5, 0.6) is 0 Å². The molecule has 0 N–H and O–H groups in total. The minimum absolute atomic E-state index is 0.0928. The van der Waals surface area contributed by atoms with E-state index < -0.39 is 5.60 Å². The molecule has 4 rings (SSSR count). The Morgan fingerprint density at radius 2 is 1.84 bits per heavy atom. The van der Waals surface area contributed by atoms with Crippen LogP contribution in [0.3, 0.4) is 0 Å². The lowest BCUT2D eigenvalue weighted by Crippen LogP contribution is -2.61. The summed E-state index contributed by atoms with van der Waals surface area (Å²) < 4.78 is 6.49. The Morgan fingerprint density at radius 1 is 1.16 bits per heavy atom. The van der Waals surface area contributed by atoms with Gasteiger partial charge in [-0.15, -0.1) is 0 Å². The summed E-state index contributed by atoms with van der Waals surface area (Å²) in [6.45, 7) is 4.69. The fourth-order valence-electron chi connectivity index (χ4n) is 4.71. The molecule has 4 nitrogen and oxygen atoms in total. The Balaban J connectivity index is 1.38. The molecule has 2 saturated carbocycles. The zero-order valence-electron chi connectivity index (χ0n) is 15.5. The maximum Gasteiger partial charge on any atom is 0.254 e. The molecule has 1 saturated heterocycles. The van der Waals surface area contributed by atoms with Crippen LogP contribution in [0.25, 0.3) is 0 Å². The van der Waals surface area contributed by atoms with Crippen LogP contribution in [-0.2, 0) is 16.1 Å². The summed E-state index contributed by atoms with van der Waals surface area (Å²) in [5.74, 6) is 0.240. The molecule has 4 heteroatoms. The van der Waals surface area contributed by atoms with Crippen LogP contribution in [0.1, 0.15) is 51.0 Å². The van der Waals surface area contributed by atoms with Crippen LogP contribution >= 0.6 is 0 Å². The van der Waals surface area contributed by atoms with Gasteiger partial charge in [0.2, 0.25) is 0 Å². The Bertz CT molecular complexity index is 618. The van der Waals surface area contributed by atoms with Crippen LogP contribution in [-0.4, -0.2) is 53.1 Å². The number of ether oxygens (including phenoxy) is 1. The van der Waals surface area contributed by atoms with E-state index in [0.717, 1.165) is 58.2 Å². The van der Waals surface area contributed by atoms with Crippen molar-refractivity contribution in [1.29, 1.82) is 0 Å². The first-order valence-electron chi connectivity index (χ1n) is 9.80. The molecule has 0 bridgehead atoms. The Hall–Kier alpha value is -1.39. The molecule has 25 heavy (non-hydrogen) atoms. The highest BCUT2D eigenvalue weighted by molar-refractivity contribution is 5.89. The van der Waals surface area contributed by atoms with Gasteiger partial charge in [-0.3, -0.25) is 9.69 Å². The second-order valence-electron chi connectivity index (χ2n) is 8.23. The number of hydrogen-bond donors (Lipinski definition) is 0. The standard InChI is InChI=1S/C21H30N2O2/c1-3-23-16-20(25-21(13-14-21)19(23)24)11-9-18(10-12-20)22(2)15-17-7-5-4-6-8-17/h4-8,18H,3,9-16H2,1-2H3. The maximum absolute atomic E-state index is 12.5. The molecule has 3 aliphatic rings. The first-order valence-corrected chi connectivity index (χ1v) is 9.80. The summed E-state index contributed by atoms with van der Waals surface area (Å²) in [5, 5.41) is 0. The van der Waals surface area contributed by atoms with Gasteiger partial charge in [-0.1, -0.05) is 30.3 Å². The molecule has 0 unspecified atom stereocenters. The van der Waals surface area contributed by atoms with Crippen LogP contribution in [0, 0.1) is 0 Å². The van der Waals surface area contributed by atoms with Gasteiger partial charge in [0.15, 0.2) is 0 Å². The van der Waals surface area contributed by atoms with Crippen molar-refractivity contribution in [2.45, 2.75) is 69.2 Å². The number of nitrogens with zero attached hydrogens (tertiary/aromatic N) is 2. The lowest BCUT2D eigenvalue weighted by molar-refractivity contribution is -0.199. The molecule has 136 valence electrons. The van der Waals surface area contributed by atoms with E-state index in [1.165, 1.54) is 5.56 Å². The third-order valence-electron chi connectivity index (χ3n) is 6.42. The summed E-state index contributed by atoms with van der Waals surface area (Å²) in [6, 6.07) is 11.3. The summed E-state index contributed by atoms with van der Waals surface area (Å²) in [7, 11) is 2.24. The lowest BCUT2D eigenvalue weighted by atomic mass is 9.79. The summed E-state index contributed by atoms with van der Waals surface area (Å²) in [4.78, 5) is 17.1. The van der Waals surface area contributed by atoms with E-state index in [1.54, 1.807) is 0 Å². The van der Waals surface area contributed by atoms with E-state index in [-0.39, 0.29) is 11.5 Å². The molecule has 2 aliphatic carbocycles. The number of benzene rings is 1. The SMILES string of the molecule is CCN1CC2(CCC(N(C)Cc3ccccc3)CC2)OC2(CC2)C1=O. The van der Waals surface area contributed by atoms with Crippen molar-refractivity contribution in [3.8, 4) is 0 Å². The first kappa shape index (κ1) is 17.0. The van der Waals surface area contributed by atoms with Crippen LogP contribution in [0.15, 0.2) is 30.3 Å². The van der Waals surface area contributed by atoms with E-state index in [9.17, 15) is 4.79 Å². The Morgan fingerprint density at radius 3 is 2.44 bits per heavy atom. The van der Waals surface area contributed by atoms with Gasteiger partial charge < -0.3 is 9.64 Å². The minimum Gasteiger partial charge on any atom is -0.357 e. The molecule has 0 atom stereocenters. The second kappa shape index (κ2) is 6.40. The topological polar surface area (TPSA) is 32.8 Å². The van der Waals surface area contributed by atoms with E-state index in [1.807, 2.05) is 4.90 Å². The minimum atomic E-state index is -0.447. The maximum atomic E-state index is 12.5. The molecule has 1 aliphatic heterocycles. The van der Waals surface area contributed by atoms with Gasteiger partial charge in [-0.05, 0) is 58.1 Å². The smallest absolute Gasteiger partial charge is 0.254 e. The molecule has 1 aromatic rings. The second-order valence-corrected chi connectivity index (χ2v) is 8.23. The van der Waals surface area contributed by atoms with Crippen molar-refractivity contribution in [2.24, 2.45) is 0 Å². The van der Waals surface area contributed by atoms with Gasteiger partial charge in [-0.2, -0.15) is 0 Å². The van der Waals surface area contributed by atoms with Crippen LogP contribution in [0.2, 0.25) is 0 Å². The number of likely N-dealkylation sites (N-methyl/N-ethyl adjacent to an activating group) is 1. The normalized spacial score (nSPS) is 31.1. The van der Waals surface area contributed by atoms with Crippen LogP contribution in [0.4, 0.5) is 0 Å². The number of hydrogen-bond acceptors (Lipinski definition) is 3. The van der Waals surface area contributed by atoms with Crippen molar-refractivity contribution >= 4 is 5.91 Å². The highest BCUT2D eigenvalue weighted by Crippen LogP contribution is 2.51. The molecule has 3 fully saturated rings. The first-order chi connectivity index (χ1) is 12.1.